The largest absolute Gasteiger partial charge is 0.480 e. The summed E-state index contributed by atoms with van der Waals surface area (Å²) in [5, 5.41) is 15.7. The van der Waals surface area contributed by atoms with Gasteiger partial charge in [-0.1, -0.05) is 60.7 Å². The third-order valence-electron chi connectivity index (χ3n) is 4.59. The van der Waals surface area contributed by atoms with E-state index >= 15 is 0 Å². The monoisotopic (exact) mass is 374 g/mol. The Morgan fingerprint density at radius 3 is 1.96 bits per heavy atom. The summed E-state index contributed by atoms with van der Waals surface area (Å²) in [4.78, 5) is 24.5. The number of aliphatic carboxylic acids is 1. The maximum Gasteiger partial charge on any atom is 0.327 e. The van der Waals surface area contributed by atoms with Crippen molar-refractivity contribution >= 4 is 24.3 Å². The third-order valence-corrected chi connectivity index (χ3v) is 4.59. The highest BCUT2D eigenvalue weighted by Crippen LogP contribution is 2.28. The van der Waals surface area contributed by atoms with Gasteiger partial charge in [0.1, 0.15) is 6.04 Å². The minimum absolute atomic E-state index is 0. The van der Waals surface area contributed by atoms with Crippen LogP contribution in [0, 0.1) is 0 Å². The average Bonchev–Trinajstić information content (AvgIpc) is 3.17. The van der Waals surface area contributed by atoms with Gasteiger partial charge in [-0.25, -0.2) is 4.79 Å². The van der Waals surface area contributed by atoms with Crippen LogP contribution in [0.1, 0.15) is 29.9 Å². The van der Waals surface area contributed by atoms with E-state index in [1.807, 2.05) is 60.7 Å². The van der Waals surface area contributed by atoms with Gasteiger partial charge in [-0.05, 0) is 30.5 Å². The Labute approximate surface area is 159 Å². The first-order chi connectivity index (χ1) is 12.2. The first kappa shape index (κ1) is 19.9. The standard InChI is InChI=1S/C20H22N2O3.ClH/c23-19(16-12-7-13-21-16)22-18(20(24)25)17(14-8-3-1-4-9-14)15-10-5-2-6-11-15;/h1-6,8-11,16-18,21H,7,12-13H2,(H,22,23)(H,24,25);1H. The number of benzene rings is 2. The van der Waals surface area contributed by atoms with Gasteiger partial charge in [0.15, 0.2) is 0 Å². The number of halogens is 1. The Balaban J connectivity index is 0.00000243. The fourth-order valence-corrected chi connectivity index (χ4v) is 3.35. The van der Waals surface area contributed by atoms with Crippen molar-refractivity contribution < 1.29 is 14.7 Å². The van der Waals surface area contributed by atoms with Crippen molar-refractivity contribution in [3.05, 3.63) is 71.8 Å². The zero-order valence-electron chi connectivity index (χ0n) is 14.3. The van der Waals surface area contributed by atoms with Crippen LogP contribution in [0.3, 0.4) is 0 Å². The van der Waals surface area contributed by atoms with Crippen LogP contribution in [-0.4, -0.2) is 35.6 Å². The van der Waals surface area contributed by atoms with Gasteiger partial charge in [0, 0.05) is 5.92 Å². The highest BCUT2D eigenvalue weighted by Gasteiger charge is 2.34. The highest BCUT2D eigenvalue weighted by molar-refractivity contribution is 5.88. The Hall–Kier alpha value is -2.37. The molecule has 0 spiro atoms. The van der Waals surface area contributed by atoms with Crippen LogP contribution in [0.15, 0.2) is 60.7 Å². The lowest BCUT2D eigenvalue weighted by Crippen LogP contribution is -2.50. The molecule has 6 heteroatoms. The number of hydrogen-bond donors (Lipinski definition) is 3. The second kappa shape index (κ2) is 9.36. The number of carboxylic acids is 1. The van der Waals surface area contributed by atoms with Crippen molar-refractivity contribution in [1.29, 1.82) is 0 Å². The van der Waals surface area contributed by atoms with Crippen LogP contribution in [0.4, 0.5) is 0 Å². The van der Waals surface area contributed by atoms with Crippen molar-refractivity contribution in [3.8, 4) is 0 Å². The van der Waals surface area contributed by atoms with E-state index in [-0.39, 0.29) is 24.4 Å². The van der Waals surface area contributed by atoms with Crippen molar-refractivity contribution in [3.63, 3.8) is 0 Å². The summed E-state index contributed by atoms with van der Waals surface area (Å²) < 4.78 is 0. The van der Waals surface area contributed by atoms with E-state index < -0.39 is 17.9 Å². The zero-order valence-corrected chi connectivity index (χ0v) is 15.1. The number of nitrogens with one attached hydrogen (secondary N) is 2. The van der Waals surface area contributed by atoms with E-state index in [1.54, 1.807) is 0 Å². The number of carbonyl (C=O) groups excluding carboxylic acids is 1. The molecule has 5 nitrogen and oxygen atoms in total. The van der Waals surface area contributed by atoms with Crippen LogP contribution in [0.25, 0.3) is 0 Å². The number of carbonyl (C=O) groups is 2. The molecular weight excluding hydrogens is 352 g/mol. The van der Waals surface area contributed by atoms with Crippen molar-refractivity contribution in [1.82, 2.24) is 10.6 Å². The van der Waals surface area contributed by atoms with E-state index in [0.29, 0.717) is 0 Å². The number of amides is 1. The maximum atomic E-state index is 12.5. The van der Waals surface area contributed by atoms with Crippen LogP contribution in [0.2, 0.25) is 0 Å². The summed E-state index contributed by atoms with van der Waals surface area (Å²) in [6.07, 6.45) is 1.66. The molecule has 1 aliphatic rings. The van der Waals surface area contributed by atoms with Gasteiger partial charge in [0.2, 0.25) is 5.91 Å². The Kier molecular flexibility index (Phi) is 7.18. The number of rotatable bonds is 6. The minimum Gasteiger partial charge on any atom is -0.480 e. The average molecular weight is 375 g/mol. The molecule has 138 valence electrons. The van der Waals surface area contributed by atoms with Crippen molar-refractivity contribution in [2.75, 3.05) is 6.54 Å². The Morgan fingerprint density at radius 2 is 1.54 bits per heavy atom. The summed E-state index contributed by atoms with van der Waals surface area (Å²) in [7, 11) is 0. The van der Waals surface area contributed by atoms with Crippen LogP contribution in [-0.2, 0) is 9.59 Å². The fourth-order valence-electron chi connectivity index (χ4n) is 3.35. The van der Waals surface area contributed by atoms with Gasteiger partial charge in [-0.3, -0.25) is 4.79 Å². The fraction of sp³-hybridized carbons (Fsp3) is 0.300. The molecule has 0 aromatic heterocycles. The third kappa shape index (κ3) is 4.62. The SMILES string of the molecule is Cl.O=C(NC(C(=O)O)C(c1ccccc1)c1ccccc1)C1CCCN1. The maximum absolute atomic E-state index is 12.5. The lowest BCUT2D eigenvalue weighted by molar-refractivity contribution is -0.142. The molecule has 2 aromatic rings. The summed E-state index contributed by atoms with van der Waals surface area (Å²) >= 11 is 0. The molecule has 1 amide bonds. The van der Waals surface area contributed by atoms with E-state index in [0.717, 1.165) is 30.5 Å². The van der Waals surface area contributed by atoms with Gasteiger partial charge in [0.25, 0.3) is 0 Å². The molecule has 0 aliphatic carbocycles. The normalized spacial score (nSPS) is 17.3. The molecule has 1 saturated heterocycles. The van der Waals surface area contributed by atoms with Gasteiger partial charge < -0.3 is 15.7 Å². The first-order valence-corrected chi connectivity index (χ1v) is 8.53. The lowest BCUT2D eigenvalue weighted by atomic mass is 9.85. The molecule has 3 N–H and O–H groups in total. The second-order valence-corrected chi connectivity index (χ2v) is 6.27. The number of hydrogen-bond acceptors (Lipinski definition) is 3. The van der Waals surface area contributed by atoms with Gasteiger partial charge in [0.05, 0.1) is 6.04 Å². The predicted molar refractivity (Wildman–Crippen MR) is 103 cm³/mol. The topological polar surface area (TPSA) is 78.4 Å². The van der Waals surface area contributed by atoms with E-state index in [2.05, 4.69) is 10.6 Å². The minimum atomic E-state index is -1.04. The smallest absolute Gasteiger partial charge is 0.327 e. The number of carboxylic acid groups (broad SMARTS) is 1. The van der Waals surface area contributed by atoms with Crippen molar-refractivity contribution in [2.24, 2.45) is 0 Å². The molecule has 2 unspecified atom stereocenters. The summed E-state index contributed by atoms with van der Waals surface area (Å²) in [6, 6.07) is 17.5. The molecule has 0 bridgehead atoms. The van der Waals surface area contributed by atoms with E-state index in [4.69, 9.17) is 0 Å². The summed E-state index contributed by atoms with van der Waals surface area (Å²) in [6.45, 7) is 0.788. The van der Waals surface area contributed by atoms with Gasteiger partial charge in [-0.15, -0.1) is 12.4 Å². The van der Waals surface area contributed by atoms with E-state index in [1.165, 1.54) is 0 Å². The van der Waals surface area contributed by atoms with E-state index in [9.17, 15) is 14.7 Å². The zero-order chi connectivity index (χ0) is 17.6. The molecule has 1 fully saturated rings. The Morgan fingerprint density at radius 1 is 1.00 bits per heavy atom. The molecule has 1 heterocycles. The second-order valence-electron chi connectivity index (χ2n) is 6.27. The molecule has 3 rings (SSSR count). The van der Waals surface area contributed by atoms with Crippen LogP contribution < -0.4 is 10.6 Å². The van der Waals surface area contributed by atoms with Crippen LogP contribution >= 0.6 is 12.4 Å². The molecule has 0 radical (unpaired) electrons. The predicted octanol–water partition coefficient (Wildman–Crippen LogP) is 2.56. The molecule has 2 atom stereocenters. The molecule has 1 aliphatic heterocycles. The summed E-state index contributed by atoms with van der Waals surface area (Å²) in [5.74, 6) is -1.74. The van der Waals surface area contributed by atoms with Crippen LogP contribution in [0.5, 0.6) is 0 Å². The lowest BCUT2D eigenvalue weighted by Gasteiger charge is -2.27. The molecule has 0 saturated carbocycles. The van der Waals surface area contributed by atoms with Gasteiger partial charge >= 0.3 is 5.97 Å². The Bertz CT molecular complexity index is 679. The highest BCUT2D eigenvalue weighted by atomic mass is 35.5. The molecule has 26 heavy (non-hydrogen) atoms. The molecular formula is C20H23ClN2O3. The van der Waals surface area contributed by atoms with Crippen molar-refractivity contribution in [2.45, 2.75) is 30.8 Å². The summed E-state index contributed by atoms with van der Waals surface area (Å²) in [5.41, 5.74) is 1.72. The first-order valence-electron chi connectivity index (χ1n) is 8.53. The van der Waals surface area contributed by atoms with Gasteiger partial charge in [-0.2, -0.15) is 0 Å². The molecule has 2 aromatic carbocycles. The quantitative estimate of drug-likeness (QED) is 0.726.